The van der Waals surface area contributed by atoms with Crippen LogP contribution < -0.4 is 21.3 Å². The first kappa shape index (κ1) is 41.6. The van der Waals surface area contributed by atoms with E-state index in [-0.39, 0.29) is 5.56 Å². The topological polar surface area (TPSA) is 319 Å². The average molecular weight is 806 g/mol. The summed E-state index contributed by atoms with van der Waals surface area (Å²) in [6, 6.07) is 16.4. The molecule has 4 atom stereocenters. The van der Waals surface area contributed by atoms with E-state index < -0.39 is 53.7 Å². The SMILES string of the molecule is Cc1cc(C#N)cc(C)c1Oc1ccnc(Nc2ccc(C#N)cc2)n1.Cc1cn([C@H]2C=C[C@@H](COP(=O)(O)OP(=O)(O)OP(=O)(O)O)O2)c(=O)[nH]c1=O. The van der Waals surface area contributed by atoms with Crippen LogP contribution in [0.4, 0.5) is 11.6 Å². The van der Waals surface area contributed by atoms with Gasteiger partial charge in [-0.3, -0.25) is 18.9 Å². The van der Waals surface area contributed by atoms with Crippen molar-refractivity contribution in [2.45, 2.75) is 33.1 Å². The molecule has 0 saturated heterocycles. The lowest BCUT2D eigenvalue weighted by Gasteiger charge is -2.19. The Kier molecular flexibility index (Phi) is 13.4. The Labute approximate surface area is 305 Å². The fraction of sp³-hybridized carbons (Fsp3) is 0.200. The lowest BCUT2D eigenvalue weighted by molar-refractivity contribution is -0.0105. The summed E-state index contributed by atoms with van der Waals surface area (Å²) < 4.78 is 57.2. The molecule has 0 spiro atoms. The molecule has 2 aromatic carbocycles. The van der Waals surface area contributed by atoms with Gasteiger partial charge in [0.2, 0.25) is 11.8 Å². The van der Waals surface area contributed by atoms with Crippen LogP contribution in [0, 0.1) is 43.4 Å². The van der Waals surface area contributed by atoms with Gasteiger partial charge in [0.15, 0.2) is 6.23 Å². The number of rotatable bonds is 12. The zero-order valence-corrected chi connectivity index (χ0v) is 30.8. The van der Waals surface area contributed by atoms with Gasteiger partial charge in [0.05, 0.1) is 29.9 Å². The number of anilines is 2. The first-order chi connectivity index (χ1) is 25.3. The molecule has 3 heterocycles. The highest BCUT2D eigenvalue weighted by Gasteiger charge is 2.41. The van der Waals surface area contributed by atoms with E-state index in [2.05, 4.69) is 45.6 Å². The van der Waals surface area contributed by atoms with Gasteiger partial charge in [0, 0.05) is 29.7 Å². The zero-order valence-electron chi connectivity index (χ0n) is 28.2. The normalized spacial score (nSPS) is 17.2. The van der Waals surface area contributed by atoms with Crippen molar-refractivity contribution < 1.29 is 55.9 Å². The van der Waals surface area contributed by atoms with E-state index in [4.69, 9.17) is 34.7 Å². The molecule has 0 amide bonds. The van der Waals surface area contributed by atoms with Crippen LogP contribution in [-0.2, 0) is 31.6 Å². The van der Waals surface area contributed by atoms with E-state index in [0.29, 0.717) is 28.7 Å². The van der Waals surface area contributed by atoms with Crippen molar-refractivity contribution in [3.8, 4) is 23.8 Å². The molecule has 6 N–H and O–H groups in total. The van der Waals surface area contributed by atoms with Gasteiger partial charge in [-0.05, 0) is 74.4 Å². The van der Waals surface area contributed by atoms with Crippen LogP contribution in [0.15, 0.2) is 76.6 Å². The summed E-state index contributed by atoms with van der Waals surface area (Å²) in [5, 5.41) is 21.0. The van der Waals surface area contributed by atoms with E-state index in [1.54, 1.807) is 48.7 Å². The summed E-state index contributed by atoms with van der Waals surface area (Å²) in [6.45, 7) is 4.54. The van der Waals surface area contributed by atoms with Gasteiger partial charge in [0.1, 0.15) is 11.9 Å². The van der Waals surface area contributed by atoms with Gasteiger partial charge in [0.25, 0.3) is 5.56 Å². The molecule has 0 saturated carbocycles. The molecule has 54 heavy (non-hydrogen) atoms. The maximum Gasteiger partial charge on any atom is 0.490 e. The number of hydrogen-bond acceptors (Lipinski definition) is 15. The number of aromatic amines is 1. The number of benzene rings is 2. The van der Waals surface area contributed by atoms with E-state index in [9.17, 15) is 28.2 Å². The van der Waals surface area contributed by atoms with Gasteiger partial charge < -0.3 is 34.4 Å². The fourth-order valence-electron chi connectivity index (χ4n) is 4.48. The van der Waals surface area contributed by atoms with E-state index in [0.717, 1.165) is 21.4 Å². The second-order valence-corrected chi connectivity index (χ2v) is 15.4. The zero-order chi connectivity index (χ0) is 39.8. The largest absolute Gasteiger partial charge is 0.490 e. The summed E-state index contributed by atoms with van der Waals surface area (Å²) in [4.78, 5) is 69.0. The number of ether oxygens (including phenoxy) is 2. The lowest BCUT2D eigenvalue weighted by Crippen LogP contribution is -2.33. The lowest BCUT2D eigenvalue weighted by atomic mass is 10.1. The van der Waals surface area contributed by atoms with E-state index in [1.807, 2.05) is 13.8 Å². The molecule has 0 radical (unpaired) electrons. The Morgan fingerprint density at radius 2 is 1.56 bits per heavy atom. The number of hydrogen-bond donors (Lipinski definition) is 6. The molecule has 24 heteroatoms. The van der Waals surface area contributed by atoms with Crippen molar-refractivity contribution in [2.75, 3.05) is 11.9 Å². The molecular formula is C30H30N7O14P3. The Morgan fingerprint density at radius 3 is 2.17 bits per heavy atom. The predicted molar refractivity (Wildman–Crippen MR) is 186 cm³/mol. The minimum absolute atomic E-state index is 0.230. The summed E-state index contributed by atoms with van der Waals surface area (Å²) in [6.07, 6.45) is 3.57. The molecule has 0 bridgehead atoms. The summed E-state index contributed by atoms with van der Waals surface area (Å²) in [5.74, 6) is 1.45. The Morgan fingerprint density at radius 1 is 0.907 bits per heavy atom. The van der Waals surface area contributed by atoms with Crippen LogP contribution in [0.3, 0.4) is 0 Å². The minimum atomic E-state index is -5.61. The smallest absolute Gasteiger partial charge is 0.438 e. The van der Waals surface area contributed by atoms with Gasteiger partial charge in [-0.15, -0.1) is 0 Å². The Balaban J connectivity index is 0.000000241. The third-order valence-electron chi connectivity index (χ3n) is 6.74. The number of nitriles is 2. The quantitative estimate of drug-likeness (QED) is 0.0870. The van der Waals surface area contributed by atoms with E-state index >= 15 is 0 Å². The monoisotopic (exact) mass is 805 g/mol. The van der Waals surface area contributed by atoms with Gasteiger partial charge >= 0.3 is 29.2 Å². The molecule has 0 fully saturated rings. The van der Waals surface area contributed by atoms with Crippen molar-refractivity contribution in [3.63, 3.8) is 0 Å². The molecule has 5 rings (SSSR count). The molecule has 2 aromatic heterocycles. The molecule has 21 nitrogen and oxygen atoms in total. The van der Waals surface area contributed by atoms with Gasteiger partial charge in [-0.1, -0.05) is 6.08 Å². The van der Waals surface area contributed by atoms with Crippen LogP contribution in [-0.4, -0.2) is 51.8 Å². The summed E-state index contributed by atoms with van der Waals surface area (Å²) in [5.41, 5.74) is 2.56. The molecule has 1 aliphatic heterocycles. The number of phosphoric ester groups is 1. The standard InChI is InChI=1S/C20H15N5O.C10H15N2O13P3/c1-13-9-16(12-22)10-14(2)19(13)26-18-7-8-23-20(25-18)24-17-5-3-15(11-21)4-6-17;1-6-4-12(10(14)11-9(6)13)8-3-2-7(23-8)5-22-27(18,19)25-28(20,21)24-26(15,16)17/h3-10H,1-2H3,(H,23,24,25);2-4,7-8H,5H2,1H3,(H,18,19)(H,20,21)(H,11,13,14)(H2,15,16,17)/t;7-,8+/m.0/s1. The molecule has 1 aliphatic rings. The van der Waals surface area contributed by atoms with Crippen molar-refractivity contribution in [1.82, 2.24) is 19.5 Å². The predicted octanol–water partition coefficient (Wildman–Crippen LogP) is 4.01. The summed E-state index contributed by atoms with van der Waals surface area (Å²) in [7, 11) is -16.4. The summed E-state index contributed by atoms with van der Waals surface area (Å²) >= 11 is 0. The van der Waals surface area contributed by atoms with Crippen LogP contribution in [0.5, 0.6) is 11.6 Å². The molecule has 284 valence electrons. The molecule has 2 unspecified atom stereocenters. The number of nitrogens with one attached hydrogen (secondary N) is 2. The highest BCUT2D eigenvalue weighted by Crippen LogP contribution is 2.66. The van der Waals surface area contributed by atoms with E-state index in [1.165, 1.54) is 25.3 Å². The highest BCUT2D eigenvalue weighted by molar-refractivity contribution is 7.66. The highest BCUT2D eigenvalue weighted by atomic mass is 31.3. The first-order valence-corrected chi connectivity index (χ1v) is 19.5. The second kappa shape index (κ2) is 17.4. The number of nitrogens with zero attached hydrogens (tertiary/aromatic N) is 5. The third-order valence-corrected chi connectivity index (χ3v) is 10.5. The number of H-pyrrole nitrogens is 1. The third kappa shape index (κ3) is 12.2. The number of aryl methyl sites for hydroxylation is 3. The fourth-order valence-corrected chi connectivity index (χ4v) is 7.51. The maximum atomic E-state index is 11.8. The molecule has 4 aromatic rings. The van der Waals surface area contributed by atoms with Crippen LogP contribution in [0.25, 0.3) is 0 Å². The minimum Gasteiger partial charge on any atom is -0.438 e. The number of phosphoric acid groups is 3. The van der Waals surface area contributed by atoms with Crippen LogP contribution in [0.2, 0.25) is 0 Å². The first-order valence-electron chi connectivity index (χ1n) is 15.0. The number of aromatic nitrogens is 4. The Bertz CT molecular complexity index is 2380. The maximum absolute atomic E-state index is 11.8. The van der Waals surface area contributed by atoms with Crippen LogP contribution >= 0.6 is 23.5 Å². The van der Waals surface area contributed by atoms with Crippen molar-refractivity contribution in [1.29, 1.82) is 10.5 Å². The molecular weight excluding hydrogens is 775 g/mol. The Hall–Kier alpha value is -5.11. The van der Waals surface area contributed by atoms with Crippen LogP contribution in [0.1, 0.15) is 34.0 Å². The van der Waals surface area contributed by atoms with Crippen molar-refractivity contribution in [2.24, 2.45) is 0 Å². The second-order valence-electron chi connectivity index (χ2n) is 11.0. The average Bonchev–Trinajstić information content (AvgIpc) is 3.55. The van der Waals surface area contributed by atoms with Gasteiger partial charge in [-0.2, -0.15) is 24.1 Å². The van der Waals surface area contributed by atoms with Gasteiger partial charge in [-0.25, -0.2) is 23.5 Å². The van der Waals surface area contributed by atoms with Crippen molar-refractivity contribution in [3.05, 3.63) is 116 Å². The van der Waals surface area contributed by atoms with Crippen molar-refractivity contribution >= 4 is 35.1 Å². The molecule has 0 aliphatic carbocycles.